The summed E-state index contributed by atoms with van der Waals surface area (Å²) in [5, 5.41) is 12.8. The highest BCUT2D eigenvalue weighted by Gasteiger charge is 2.14. The van der Waals surface area contributed by atoms with E-state index in [1.807, 2.05) is 37.3 Å². The van der Waals surface area contributed by atoms with Gasteiger partial charge in [0.1, 0.15) is 5.75 Å². The predicted octanol–water partition coefficient (Wildman–Crippen LogP) is 3.63. The number of hydrogen-bond donors (Lipinski definition) is 2. The molecule has 2 atom stereocenters. The Morgan fingerprint density at radius 1 is 1.08 bits per heavy atom. The van der Waals surface area contributed by atoms with Crippen LogP contribution in [0.4, 0.5) is 8.78 Å². The second kappa shape index (κ2) is 9.13. The largest absolute Gasteiger partial charge is 0.435 e. The van der Waals surface area contributed by atoms with Crippen LogP contribution in [0.5, 0.6) is 5.75 Å². The molecular weight excluding hydrogens is 328 g/mol. The van der Waals surface area contributed by atoms with Crippen molar-refractivity contribution in [3.63, 3.8) is 0 Å². The average molecular weight is 349 g/mol. The van der Waals surface area contributed by atoms with Crippen molar-refractivity contribution in [3.05, 3.63) is 65.7 Å². The minimum absolute atomic E-state index is 0.0201. The number of benzene rings is 2. The maximum absolute atomic E-state index is 12.1. The van der Waals surface area contributed by atoms with Gasteiger partial charge in [-0.2, -0.15) is 8.78 Å². The van der Waals surface area contributed by atoms with Crippen LogP contribution >= 0.6 is 0 Å². The fraction of sp³-hybridized carbons (Fsp3) is 0.316. The summed E-state index contributed by atoms with van der Waals surface area (Å²) in [7, 11) is 0. The number of nitrogens with one attached hydrogen (secondary N) is 1. The van der Waals surface area contributed by atoms with E-state index in [0.717, 1.165) is 5.56 Å². The van der Waals surface area contributed by atoms with Crippen molar-refractivity contribution in [1.82, 2.24) is 5.32 Å². The molecule has 25 heavy (non-hydrogen) atoms. The highest BCUT2D eigenvalue weighted by Crippen LogP contribution is 2.20. The minimum Gasteiger partial charge on any atom is -0.435 e. The third-order valence-electron chi connectivity index (χ3n) is 3.84. The molecule has 2 aromatic rings. The monoisotopic (exact) mass is 349 g/mol. The molecule has 0 saturated heterocycles. The molecule has 0 aliphatic carbocycles. The van der Waals surface area contributed by atoms with E-state index in [-0.39, 0.29) is 24.1 Å². The van der Waals surface area contributed by atoms with Gasteiger partial charge in [-0.25, -0.2) is 0 Å². The third-order valence-corrected chi connectivity index (χ3v) is 3.84. The van der Waals surface area contributed by atoms with Crippen molar-refractivity contribution in [1.29, 1.82) is 0 Å². The molecule has 0 radical (unpaired) electrons. The highest BCUT2D eigenvalue weighted by atomic mass is 19.3. The zero-order valence-corrected chi connectivity index (χ0v) is 13.9. The van der Waals surface area contributed by atoms with E-state index in [1.54, 1.807) is 0 Å². The molecule has 2 aromatic carbocycles. The smallest absolute Gasteiger partial charge is 0.387 e. The van der Waals surface area contributed by atoms with Crippen molar-refractivity contribution in [2.24, 2.45) is 0 Å². The Kier molecular flexibility index (Phi) is 6.89. The number of halogens is 2. The zero-order valence-electron chi connectivity index (χ0n) is 13.9. The summed E-state index contributed by atoms with van der Waals surface area (Å²) in [6.07, 6.45) is -0.602. The van der Waals surface area contributed by atoms with E-state index in [2.05, 4.69) is 10.1 Å². The fourth-order valence-corrected chi connectivity index (χ4v) is 2.45. The number of aliphatic hydroxyl groups is 1. The molecule has 0 heterocycles. The van der Waals surface area contributed by atoms with Gasteiger partial charge in [-0.3, -0.25) is 4.79 Å². The Morgan fingerprint density at radius 2 is 1.72 bits per heavy atom. The molecule has 2 N–H and O–H groups in total. The molecule has 0 aliphatic rings. The van der Waals surface area contributed by atoms with Crippen LogP contribution in [0.3, 0.4) is 0 Å². The Bertz CT molecular complexity index is 662. The van der Waals surface area contributed by atoms with Crippen LogP contribution in [0.25, 0.3) is 0 Å². The Hall–Kier alpha value is -2.47. The van der Waals surface area contributed by atoms with E-state index < -0.39 is 12.7 Å². The molecule has 1 amide bonds. The van der Waals surface area contributed by atoms with E-state index in [4.69, 9.17) is 0 Å². The van der Waals surface area contributed by atoms with Crippen molar-refractivity contribution in [3.8, 4) is 5.75 Å². The van der Waals surface area contributed by atoms with Crippen LogP contribution in [0, 0.1) is 0 Å². The maximum atomic E-state index is 12.1. The Labute approximate surface area is 145 Å². The van der Waals surface area contributed by atoms with Crippen molar-refractivity contribution in [2.75, 3.05) is 6.54 Å². The number of amides is 1. The molecule has 0 saturated carbocycles. The van der Waals surface area contributed by atoms with Gasteiger partial charge < -0.3 is 15.2 Å². The van der Waals surface area contributed by atoms with E-state index in [0.29, 0.717) is 12.0 Å². The number of carbonyl (C=O) groups excluding carboxylic acids is 1. The second-order valence-electron chi connectivity index (χ2n) is 5.78. The first-order valence-corrected chi connectivity index (χ1v) is 8.00. The molecular formula is C19H21F2NO3. The van der Waals surface area contributed by atoms with Gasteiger partial charge in [0.2, 0.25) is 5.91 Å². The van der Waals surface area contributed by atoms with Crippen LogP contribution in [-0.2, 0) is 4.79 Å². The molecule has 4 nitrogen and oxygen atoms in total. The summed E-state index contributed by atoms with van der Waals surface area (Å²) < 4.78 is 28.4. The predicted molar refractivity (Wildman–Crippen MR) is 90.5 cm³/mol. The normalized spacial score (nSPS) is 13.3. The summed E-state index contributed by atoms with van der Waals surface area (Å²) >= 11 is 0. The fourth-order valence-electron chi connectivity index (χ4n) is 2.45. The lowest BCUT2D eigenvalue weighted by molar-refractivity contribution is -0.121. The number of carbonyl (C=O) groups is 1. The van der Waals surface area contributed by atoms with Gasteiger partial charge in [-0.1, -0.05) is 49.4 Å². The lowest BCUT2D eigenvalue weighted by Crippen LogP contribution is -2.29. The average Bonchev–Trinajstić information content (AvgIpc) is 2.60. The summed E-state index contributed by atoms with van der Waals surface area (Å²) in [5.41, 5.74) is 1.59. The van der Waals surface area contributed by atoms with Crippen LogP contribution < -0.4 is 10.1 Å². The Balaban J connectivity index is 1.80. The van der Waals surface area contributed by atoms with Gasteiger partial charge in [0.15, 0.2) is 0 Å². The topological polar surface area (TPSA) is 58.6 Å². The van der Waals surface area contributed by atoms with E-state index in [1.165, 1.54) is 24.3 Å². The highest BCUT2D eigenvalue weighted by molar-refractivity contribution is 5.76. The van der Waals surface area contributed by atoms with Gasteiger partial charge in [0.25, 0.3) is 0 Å². The second-order valence-corrected chi connectivity index (χ2v) is 5.78. The van der Waals surface area contributed by atoms with Crippen molar-refractivity contribution < 1.29 is 23.4 Å². The minimum atomic E-state index is -2.89. The quantitative estimate of drug-likeness (QED) is 0.765. The molecule has 0 bridgehead atoms. The number of rotatable bonds is 8. The van der Waals surface area contributed by atoms with Gasteiger partial charge in [-0.15, -0.1) is 0 Å². The Morgan fingerprint density at radius 3 is 2.32 bits per heavy atom. The van der Waals surface area contributed by atoms with Gasteiger partial charge >= 0.3 is 6.61 Å². The van der Waals surface area contributed by atoms with Crippen LogP contribution in [-0.4, -0.2) is 24.2 Å². The molecule has 0 aromatic heterocycles. The zero-order chi connectivity index (χ0) is 18.2. The summed E-state index contributed by atoms with van der Waals surface area (Å²) in [5.74, 6) is -0.0659. The first-order valence-electron chi connectivity index (χ1n) is 8.00. The molecule has 0 spiro atoms. The van der Waals surface area contributed by atoms with Crippen molar-refractivity contribution in [2.45, 2.75) is 32.0 Å². The molecule has 2 rings (SSSR count). The number of aliphatic hydroxyl groups excluding tert-OH is 1. The number of alkyl halides is 2. The van der Waals surface area contributed by atoms with E-state index >= 15 is 0 Å². The van der Waals surface area contributed by atoms with Crippen LogP contribution in [0.15, 0.2) is 54.6 Å². The number of ether oxygens (including phenoxy) is 1. The summed E-state index contributed by atoms with van der Waals surface area (Å²) in [4.78, 5) is 12.0. The number of hydrogen-bond acceptors (Lipinski definition) is 3. The maximum Gasteiger partial charge on any atom is 0.387 e. The van der Waals surface area contributed by atoms with Gasteiger partial charge in [0, 0.05) is 13.0 Å². The van der Waals surface area contributed by atoms with Crippen LogP contribution in [0.1, 0.15) is 36.5 Å². The molecule has 134 valence electrons. The molecule has 2 unspecified atom stereocenters. The van der Waals surface area contributed by atoms with E-state index in [9.17, 15) is 18.7 Å². The lowest BCUT2D eigenvalue weighted by Gasteiger charge is -2.15. The standard InChI is InChI=1S/C19H21F2NO3/c1-13(14-5-3-2-4-6-14)11-18(24)22-12-17(23)15-7-9-16(10-8-15)25-19(20)21/h2-10,13,17,19,23H,11-12H2,1H3,(H,22,24). The lowest BCUT2D eigenvalue weighted by atomic mass is 9.97. The molecule has 0 aliphatic heterocycles. The van der Waals surface area contributed by atoms with Gasteiger partial charge in [0.05, 0.1) is 6.10 Å². The first-order chi connectivity index (χ1) is 12.0. The summed E-state index contributed by atoms with van der Waals surface area (Å²) in [6, 6.07) is 15.4. The molecule has 0 fully saturated rings. The first kappa shape index (κ1) is 18.9. The summed E-state index contributed by atoms with van der Waals surface area (Å²) in [6.45, 7) is -0.871. The molecule has 6 heteroatoms. The third kappa shape index (κ3) is 6.15. The SMILES string of the molecule is CC(CC(=O)NCC(O)c1ccc(OC(F)F)cc1)c1ccccc1. The van der Waals surface area contributed by atoms with Crippen LogP contribution in [0.2, 0.25) is 0 Å². The van der Waals surface area contributed by atoms with Crippen molar-refractivity contribution >= 4 is 5.91 Å². The van der Waals surface area contributed by atoms with Gasteiger partial charge in [-0.05, 0) is 29.2 Å².